The predicted octanol–water partition coefficient (Wildman–Crippen LogP) is 2.62. The summed E-state index contributed by atoms with van der Waals surface area (Å²) < 4.78 is 6.83. The first-order valence-corrected chi connectivity index (χ1v) is 9.59. The molecule has 0 radical (unpaired) electrons. The van der Waals surface area contributed by atoms with Crippen LogP contribution in [0.2, 0.25) is 0 Å². The molecule has 26 heavy (non-hydrogen) atoms. The molecule has 0 N–H and O–H groups in total. The molecule has 8 heteroatoms. The largest absolute Gasteiger partial charge is 0.466 e. The lowest BCUT2D eigenvalue weighted by Crippen LogP contribution is -2.35. The number of rotatable bonds is 5. The third-order valence-corrected chi connectivity index (χ3v) is 5.08. The van der Waals surface area contributed by atoms with Gasteiger partial charge in [-0.05, 0) is 19.1 Å². The number of aliphatic imine (C=N–C) groups is 2. The maximum Gasteiger partial charge on any atom is 0.306 e. The van der Waals surface area contributed by atoms with Crippen molar-refractivity contribution in [1.29, 1.82) is 0 Å². The Balaban J connectivity index is 1.61. The van der Waals surface area contributed by atoms with Crippen LogP contribution in [0.3, 0.4) is 0 Å². The number of para-hydroxylation sites is 1. The van der Waals surface area contributed by atoms with Crippen LogP contribution in [-0.4, -0.2) is 57.1 Å². The summed E-state index contributed by atoms with van der Waals surface area (Å²) in [6.07, 6.45) is 2.19. The van der Waals surface area contributed by atoms with Gasteiger partial charge >= 0.3 is 5.97 Å². The van der Waals surface area contributed by atoms with E-state index in [1.54, 1.807) is 11.8 Å². The molecule has 0 amide bonds. The second-order valence-electron chi connectivity index (χ2n) is 5.78. The second kappa shape index (κ2) is 7.33. The summed E-state index contributed by atoms with van der Waals surface area (Å²) in [5, 5.41) is 5.37. The molecule has 4 rings (SSSR count). The SMILES string of the molecule is CCOC(=O)CCSC1=Nc2c(cnn2-c2ccccc2)C2=NCCN12. The smallest absolute Gasteiger partial charge is 0.306 e. The lowest BCUT2D eigenvalue weighted by atomic mass is 10.2. The Hall–Kier alpha value is -2.61. The highest BCUT2D eigenvalue weighted by Gasteiger charge is 2.32. The van der Waals surface area contributed by atoms with Crippen LogP contribution in [0.5, 0.6) is 0 Å². The van der Waals surface area contributed by atoms with Crippen LogP contribution in [0, 0.1) is 0 Å². The Morgan fingerprint density at radius 2 is 2.15 bits per heavy atom. The van der Waals surface area contributed by atoms with Crippen molar-refractivity contribution in [3.8, 4) is 5.69 Å². The van der Waals surface area contributed by atoms with Crippen LogP contribution in [0.25, 0.3) is 5.69 Å². The third kappa shape index (κ3) is 3.12. The number of nitrogens with zero attached hydrogens (tertiary/aromatic N) is 5. The highest BCUT2D eigenvalue weighted by Crippen LogP contribution is 2.33. The number of ether oxygens (including phenoxy) is 1. The second-order valence-corrected chi connectivity index (χ2v) is 6.85. The third-order valence-electron chi connectivity index (χ3n) is 4.10. The van der Waals surface area contributed by atoms with Crippen LogP contribution in [0.4, 0.5) is 5.82 Å². The maximum atomic E-state index is 11.6. The molecule has 3 heterocycles. The molecule has 0 saturated heterocycles. The molecular weight excluding hydrogens is 350 g/mol. The maximum absolute atomic E-state index is 11.6. The number of carbonyl (C=O) groups is 1. The molecule has 2 aliphatic rings. The Bertz CT molecular complexity index is 875. The highest BCUT2D eigenvalue weighted by molar-refractivity contribution is 8.13. The van der Waals surface area contributed by atoms with Gasteiger partial charge in [0.05, 0.1) is 37.0 Å². The van der Waals surface area contributed by atoms with E-state index in [1.807, 2.05) is 48.1 Å². The summed E-state index contributed by atoms with van der Waals surface area (Å²) in [6, 6.07) is 9.93. The average molecular weight is 369 g/mol. The lowest BCUT2D eigenvalue weighted by Gasteiger charge is -2.25. The van der Waals surface area contributed by atoms with E-state index >= 15 is 0 Å². The van der Waals surface area contributed by atoms with Crippen molar-refractivity contribution >= 4 is 34.6 Å². The summed E-state index contributed by atoms with van der Waals surface area (Å²) in [5.74, 6) is 2.14. The van der Waals surface area contributed by atoms with E-state index in [9.17, 15) is 4.79 Å². The molecule has 0 fully saturated rings. The van der Waals surface area contributed by atoms with E-state index < -0.39 is 0 Å². The van der Waals surface area contributed by atoms with Crippen molar-refractivity contribution in [2.75, 3.05) is 25.4 Å². The zero-order valence-corrected chi connectivity index (χ0v) is 15.3. The number of carbonyl (C=O) groups excluding carboxylic acids is 1. The topological polar surface area (TPSA) is 72.1 Å². The van der Waals surface area contributed by atoms with Gasteiger partial charge in [0.1, 0.15) is 5.84 Å². The van der Waals surface area contributed by atoms with E-state index in [-0.39, 0.29) is 5.97 Å². The fourth-order valence-corrected chi connectivity index (χ4v) is 3.89. The summed E-state index contributed by atoms with van der Waals surface area (Å²) in [6.45, 7) is 3.77. The Morgan fingerprint density at radius 1 is 1.31 bits per heavy atom. The van der Waals surface area contributed by atoms with Gasteiger partial charge in [0.2, 0.25) is 0 Å². The number of aromatic nitrogens is 2. The molecule has 0 unspecified atom stereocenters. The molecule has 0 bridgehead atoms. The Morgan fingerprint density at radius 3 is 2.96 bits per heavy atom. The van der Waals surface area contributed by atoms with Crippen LogP contribution < -0.4 is 0 Å². The number of thioether (sulfide) groups is 1. The normalized spacial score (nSPS) is 15.2. The molecule has 2 aliphatic heterocycles. The lowest BCUT2D eigenvalue weighted by molar-refractivity contribution is -0.142. The van der Waals surface area contributed by atoms with Crippen molar-refractivity contribution in [2.24, 2.45) is 9.98 Å². The average Bonchev–Trinajstić information content (AvgIpc) is 3.29. The first-order valence-electron chi connectivity index (χ1n) is 8.61. The minimum Gasteiger partial charge on any atom is -0.466 e. The molecule has 0 saturated carbocycles. The first kappa shape index (κ1) is 16.8. The number of benzene rings is 1. The highest BCUT2D eigenvalue weighted by atomic mass is 32.2. The van der Waals surface area contributed by atoms with E-state index in [0.29, 0.717) is 18.8 Å². The summed E-state index contributed by atoms with van der Waals surface area (Å²) in [5.41, 5.74) is 1.90. The number of esters is 1. The van der Waals surface area contributed by atoms with Crippen LogP contribution in [0.1, 0.15) is 18.9 Å². The van der Waals surface area contributed by atoms with Gasteiger partial charge in [-0.3, -0.25) is 9.79 Å². The van der Waals surface area contributed by atoms with Gasteiger partial charge in [-0.15, -0.1) is 0 Å². The predicted molar refractivity (Wildman–Crippen MR) is 102 cm³/mol. The van der Waals surface area contributed by atoms with Gasteiger partial charge < -0.3 is 9.64 Å². The van der Waals surface area contributed by atoms with Gasteiger partial charge in [-0.25, -0.2) is 9.67 Å². The van der Waals surface area contributed by atoms with Crippen LogP contribution >= 0.6 is 11.8 Å². The van der Waals surface area contributed by atoms with Crippen molar-refractivity contribution in [3.05, 3.63) is 42.1 Å². The van der Waals surface area contributed by atoms with Crippen molar-refractivity contribution < 1.29 is 9.53 Å². The Labute approximate surface area is 155 Å². The standard InChI is InChI=1S/C18H19N5O2S/c1-2-25-15(24)8-11-26-18-21-17-14(16-19-9-10-22(16)18)12-20-23(17)13-6-4-3-5-7-13/h3-7,12H,2,8-11H2,1H3. The number of hydrogen-bond donors (Lipinski definition) is 0. The zero-order valence-electron chi connectivity index (χ0n) is 14.5. The molecule has 1 aromatic carbocycles. The molecule has 134 valence electrons. The minimum atomic E-state index is -0.179. The van der Waals surface area contributed by atoms with E-state index in [1.165, 1.54) is 0 Å². The molecule has 2 aromatic rings. The fraction of sp³-hybridized carbons (Fsp3) is 0.333. The minimum absolute atomic E-state index is 0.179. The van der Waals surface area contributed by atoms with Gasteiger partial charge in [-0.2, -0.15) is 5.10 Å². The fourth-order valence-electron chi connectivity index (χ4n) is 2.95. The van der Waals surface area contributed by atoms with Gasteiger partial charge in [0.25, 0.3) is 0 Å². The van der Waals surface area contributed by atoms with Crippen molar-refractivity contribution in [2.45, 2.75) is 13.3 Å². The monoisotopic (exact) mass is 369 g/mol. The molecule has 0 atom stereocenters. The van der Waals surface area contributed by atoms with Gasteiger partial charge in [-0.1, -0.05) is 30.0 Å². The molecular formula is C18H19N5O2S. The van der Waals surface area contributed by atoms with Crippen molar-refractivity contribution in [1.82, 2.24) is 14.7 Å². The quantitative estimate of drug-likeness (QED) is 0.758. The molecule has 1 aromatic heterocycles. The van der Waals surface area contributed by atoms with Crippen molar-refractivity contribution in [3.63, 3.8) is 0 Å². The number of fused-ring (bicyclic) bond motifs is 3. The summed E-state index contributed by atoms with van der Waals surface area (Å²) >= 11 is 1.55. The van der Waals surface area contributed by atoms with Crippen LogP contribution in [-0.2, 0) is 9.53 Å². The van der Waals surface area contributed by atoms with Gasteiger partial charge in [0.15, 0.2) is 11.0 Å². The Kier molecular flexibility index (Phi) is 4.75. The molecule has 0 spiro atoms. The van der Waals surface area contributed by atoms with E-state index in [4.69, 9.17) is 9.73 Å². The molecule has 7 nitrogen and oxygen atoms in total. The number of amidine groups is 2. The molecule has 0 aliphatic carbocycles. The van der Waals surface area contributed by atoms with Crippen LogP contribution in [0.15, 0.2) is 46.5 Å². The summed E-state index contributed by atoms with van der Waals surface area (Å²) in [7, 11) is 0. The number of hydrogen-bond acceptors (Lipinski definition) is 7. The van der Waals surface area contributed by atoms with Gasteiger partial charge in [0, 0.05) is 12.3 Å². The zero-order chi connectivity index (χ0) is 17.9. The first-order chi connectivity index (χ1) is 12.8. The van der Waals surface area contributed by atoms with E-state index in [0.717, 1.165) is 41.2 Å². The van der Waals surface area contributed by atoms with E-state index in [2.05, 4.69) is 15.0 Å². The summed E-state index contributed by atoms with van der Waals surface area (Å²) in [4.78, 5) is 23.2.